The van der Waals surface area contributed by atoms with Gasteiger partial charge in [-0.3, -0.25) is 9.52 Å². The van der Waals surface area contributed by atoms with Gasteiger partial charge in [-0.15, -0.1) is 0 Å². The third kappa shape index (κ3) is 5.85. The fourth-order valence-electron chi connectivity index (χ4n) is 2.07. The standard InChI is InChI=1S/C19H20N2O6S/c1-13(19(20)23)27-18(22)12-5-14-3-10-17(11-4-14)28(24,25)21-15-6-8-16(26-2)9-7-15/h3-13,21H,1-2H3,(H2,20,23)/b12-5+/t13-/m0/s1. The number of carbonyl (C=O) groups is 2. The van der Waals surface area contributed by atoms with Gasteiger partial charge in [-0.05, 0) is 55.0 Å². The van der Waals surface area contributed by atoms with Gasteiger partial charge in [0.25, 0.3) is 15.9 Å². The normalized spacial score (nSPS) is 12.4. The lowest BCUT2D eigenvalue weighted by Crippen LogP contribution is -2.29. The van der Waals surface area contributed by atoms with Crippen molar-refractivity contribution in [1.82, 2.24) is 0 Å². The molecule has 1 amide bonds. The number of methoxy groups -OCH3 is 1. The molecule has 148 valence electrons. The number of esters is 1. The van der Waals surface area contributed by atoms with Crippen LogP contribution in [0.3, 0.4) is 0 Å². The molecule has 9 heteroatoms. The van der Waals surface area contributed by atoms with Crippen LogP contribution in [0.1, 0.15) is 12.5 Å². The highest BCUT2D eigenvalue weighted by atomic mass is 32.2. The third-order valence-corrected chi connectivity index (χ3v) is 5.04. The zero-order valence-corrected chi connectivity index (χ0v) is 16.1. The molecule has 0 saturated carbocycles. The van der Waals surface area contributed by atoms with Crippen LogP contribution in [0.4, 0.5) is 5.69 Å². The minimum atomic E-state index is -3.76. The van der Waals surface area contributed by atoms with Gasteiger partial charge in [0.15, 0.2) is 6.10 Å². The monoisotopic (exact) mass is 404 g/mol. The van der Waals surface area contributed by atoms with E-state index in [0.29, 0.717) is 17.0 Å². The molecule has 0 saturated heterocycles. The Morgan fingerprint density at radius 2 is 1.68 bits per heavy atom. The van der Waals surface area contributed by atoms with Gasteiger partial charge in [0.2, 0.25) is 0 Å². The first-order valence-corrected chi connectivity index (χ1v) is 9.64. The predicted octanol–water partition coefficient (Wildman–Crippen LogP) is 1.93. The van der Waals surface area contributed by atoms with Gasteiger partial charge in [-0.25, -0.2) is 13.2 Å². The molecule has 0 aliphatic rings. The topological polar surface area (TPSA) is 125 Å². The van der Waals surface area contributed by atoms with Gasteiger partial charge in [0, 0.05) is 11.8 Å². The fourth-order valence-corrected chi connectivity index (χ4v) is 3.13. The number of nitrogens with two attached hydrogens (primary N) is 1. The number of anilines is 1. The Morgan fingerprint density at radius 1 is 1.07 bits per heavy atom. The van der Waals surface area contributed by atoms with Gasteiger partial charge in [-0.2, -0.15) is 0 Å². The lowest BCUT2D eigenvalue weighted by Gasteiger charge is -2.09. The average Bonchev–Trinajstić information content (AvgIpc) is 2.67. The van der Waals surface area contributed by atoms with E-state index >= 15 is 0 Å². The quantitative estimate of drug-likeness (QED) is 0.512. The van der Waals surface area contributed by atoms with E-state index in [2.05, 4.69) is 4.72 Å². The Hall–Kier alpha value is -3.33. The maximum absolute atomic E-state index is 12.4. The van der Waals surface area contributed by atoms with Crippen molar-refractivity contribution < 1.29 is 27.5 Å². The minimum Gasteiger partial charge on any atom is -0.497 e. The number of hydrogen-bond donors (Lipinski definition) is 2. The van der Waals surface area contributed by atoms with E-state index in [1.165, 1.54) is 44.4 Å². The van der Waals surface area contributed by atoms with Crippen LogP contribution in [0.15, 0.2) is 59.5 Å². The maximum Gasteiger partial charge on any atom is 0.331 e. The molecule has 0 aliphatic carbocycles. The van der Waals surface area contributed by atoms with Gasteiger partial charge in [0.05, 0.1) is 12.0 Å². The van der Waals surface area contributed by atoms with Crippen molar-refractivity contribution >= 4 is 33.7 Å². The molecule has 0 heterocycles. The molecule has 2 aromatic carbocycles. The number of rotatable bonds is 8. The Balaban J connectivity index is 2.04. The van der Waals surface area contributed by atoms with E-state index in [4.69, 9.17) is 15.2 Å². The zero-order valence-electron chi connectivity index (χ0n) is 15.3. The maximum atomic E-state index is 12.4. The van der Waals surface area contributed by atoms with Crippen LogP contribution in [0.5, 0.6) is 5.75 Å². The van der Waals surface area contributed by atoms with Crippen molar-refractivity contribution in [3.63, 3.8) is 0 Å². The lowest BCUT2D eigenvalue weighted by atomic mass is 10.2. The van der Waals surface area contributed by atoms with Crippen LogP contribution < -0.4 is 15.2 Å². The summed E-state index contributed by atoms with van der Waals surface area (Å²) in [5.74, 6) is -0.868. The first-order valence-electron chi connectivity index (χ1n) is 8.16. The number of amides is 1. The largest absolute Gasteiger partial charge is 0.497 e. The van der Waals surface area contributed by atoms with E-state index in [9.17, 15) is 18.0 Å². The lowest BCUT2D eigenvalue weighted by molar-refractivity contribution is -0.148. The van der Waals surface area contributed by atoms with Crippen molar-refractivity contribution in [1.29, 1.82) is 0 Å². The van der Waals surface area contributed by atoms with Gasteiger partial charge in [-0.1, -0.05) is 12.1 Å². The molecule has 0 radical (unpaired) electrons. The van der Waals surface area contributed by atoms with Crippen LogP contribution in [0.2, 0.25) is 0 Å². The Labute approximate surface area is 163 Å². The second-order valence-corrected chi connectivity index (χ2v) is 7.40. The number of primary amides is 1. The zero-order chi connectivity index (χ0) is 20.7. The predicted molar refractivity (Wildman–Crippen MR) is 104 cm³/mol. The Kier molecular flexibility index (Phi) is 6.78. The molecule has 0 bridgehead atoms. The summed E-state index contributed by atoms with van der Waals surface area (Å²) in [6, 6.07) is 12.3. The fraction of sp³-hybridized carbons (Fsp3) is 0.158. The molecule has 1 atom stereocenters. The summed E-state index contributed by atoms with van der Waals surface area (Å²) in [5.41, 5.74) is 5.98. The molecule has 28 heavy (non-hydrogen) atoms. The molecule has 8 nitrogen and oxygen atoms in total. The molecular formula is C19H20N2O6S. The number of nitrogens with one attached hydrogen (secondary N) is 1. The number of carbonyl (C=O) groups excluding carboxylic acids is 2. The van der Waals surface area contributed by atoms with E-state index in [1.54, 1.807) is 24.3 Å². The van der Waals surface area contributed by atoms with Crippen molar-refractivity contribution in [2.75, 3.05) is 11.8 Å². The Morgan fingerprint density at radius 3 is 2.21 bits per heavy atom. The van der Waals surface area contributed by atoms with Gasteiger partial charge >= 0.3 is 5.97 Å². The van der Waals surface area contributed by atoms with Crippen LogP contribution in [0.25, 0.3) is 6.08 Å². The van der Waals surface area contributed by atoms with E-state index < -0.39 is 28.0 Å². The molecule has 0 aromatic heterocycles. The summed E-state index contributed by atoms with van der Waals surface area (Å²) in [7, 11) is -2.24. The molecule has 3 N–H and O–H groups in total. The smallest absolute Gasteiger partial charge is 0.331 e. The summed E-state index contributed by atoms with van der Waals surface area (Å²) in [6.07, 6.45) is 1.52. The number of sulfonamides is 1. The average molecular weight is 404 g/mol. The second kappa shape index (κ2) is 9.05. The molecule has 0 unspecified atom stereocenters. The minimum absolute atomic E-state index is 0.0606. The highest BCUT2D eigenvalue weighted by molar-refractivity contribution is 7.92. The molecular weight excluding hydrogens is 384 g/mol. The second-order valence-electron chi connectivity index (χ2n) is 5.72. The summed E-state index contributed by atoms with van der Waals surface area (Å²) in [6.45, 7) is 1.36. The summed E-state index contributed by atoms with van der Waals surface area (Å²) >= 11 is 0. The highest BCUT2D eigenvalue weighted by Crippen LogP contribution is 2.20. The molecule has 2 aromatic rings. The van der Waals surface area contributed by atoms with E-state index in [-0.39, 0.29) is 4.90 Å². The first-order chi connectivity index (χ1) is 13.2. The Bertz CT molecular complexity index is 966. The van der Waals surface area contributed by atoms with Gasteiger partial charge in [0.1, 0.15) is 5.75 Å². The van der Waals surface area contributed by atoms with Gasteiger partial charge < -0.3 is 15.2 Å². The molecule has 2 rings (SSSR count). The van der Waals surface area contributed by atoms with Crippen LogP contribution in [-0.2, 0) is 24.3 Å². The highest BCUT2D eigenvalue weighted by Gasteiger charge is 2.14. The van der Waals surface area contributed by atoms with Crippen molar-refractivity contribution in [2.45, 2.75) is 17.9 Å². The summed E-state index contributed by atoms with van der Waals surface area (Å²) < 4.78 is 37.2. The molecule has 0 fully saturated rings. The number of ether oxygens (including phenoxy) is 2. The van der Waals surface area contributed by atoms with E-state index in [1.807, 2.05) is 0 Å². The van der Waals surface area contributed by atoms with Crippen molar-refractivity contribution in [3.8, 4) is 5.75 Å². The summed E-state index contributed by atoms with van der Waals surface area (Å²) in [5, 5.41) is 0. The van der Waals surface area contributed by atoms with Crippen LogP contribution >= 0.6 is 0 Å². The van der Waals surface area contributed by atoms with Crippen LogP contribution in [-0.4, -0.2) is 33.5 Å². The molecule has 0 aliphatic heterocycles. The molecule has 0 spiro atoms. The van der Waals surface area contributed by atoms with Crippen molar-refractivity contribution in [3.05, 3.63) is 60.2 Å². The van der Waals surface area contributed by atoms with Crippen LogP contribution in [0, 0.1) is 0 Å². The first kappa shape index (κ1) is 21.0. The SMILES string of the molecule is COc1ccc(NS(=O)(=O)c2ccc(/C=C/C(=O)O[C@@H](C)C(N)=O)cc2)cc1. The van der Waals surface area contributed by atoms with E-state index in [0.717, 1.165) is 6.08 Å². The third-order valence-electron chi connectivity index (χ3n) is 3.64. The number of hydrogen-bond acceptors (Lipinski definition) is 6. The number of benzene rings is 2. The summed E-state index contributed by atoms with van der Waals surface area (Å²) in [4.78, 5) is 22.5. The van der Waals surface area contributed by atoms with Crippen molar-refractivity contribution in [2.24, 2.45) is 5.73 Å².